The first-order valence-electron chi connectivity index (χ1n) is 5.35. The highest BCUT2D eigenvalue weighted by atomic mass is 16.6. The molecule has 94 valence electrons. The van der Waals surface area contributed by atoms with Crippen molar-refractivity contribution in [1.82, 2.24) is 10.2 Å². The number of amides is 1. The number of likely N-dealkylation sites (N-methyl/N-ethyl adjacent to an activating group) is 1. The molecule has 0 atom stereocenters. The molecule has 16 heavy (non-hydrogen) atoms. The van der Waals surface area contributed by atoms with Gasteiger partial charge >= 0.3 is 5.97 Å². The van der Waals surface area contributed by atoms with Crippen LogP contribution in [-0.4, -0.2) is 49.6 Å². The van der Waals surface area contributed by atoms with Crippen molar-refractivity contribution in [3.63, 3.8) is 0 Å². The zero-order chi connectivity index (χ0) is 12.8. The van der Waals surface area contributed by atoms with E-state index in [9.17, 15) is 9.59 Å². The van der Waals surface area contributed by atoms with Gasteiger partial charge in [-0.1, -0.05) is 0 Å². The molecule has 0 unspecified atom stereocenters. The maximum atomic E-state index is 11.3. The monoisotopic (exact) mass is 230 g/mol. The van der Waals surface area contributed by atoms with Crippen molar-refractivity contribution in [3.05, 3.63) is 0 Å². The van der Waals surface area contributed by atoms with Gasteiger partial charge in [-0.3, -0.25) is 9.59 Å². The molecular formula is C11H22N2O3. The quantitative estimate of drug-likeness (QED) is 0.548. The SMILES string of the molecule is CN(C)C(=O)CNCCC(=O)OC(C)(C)C. The molecule has 0 rings (SSSR count). The summed E-state index contributed by atoms with van der Waals surface area (Å²) in [6, 6.07) is 0. The molecule has 0 bridgehead atoms. The van der Waals surface area contributed by atoms with Crippen LogP contribution < -0.4 is 5.32 Å². The average molecular weight is 230 g/mol. The predicted molar refractivity (Wildman–Crippen MR) is 62.0 cm³/mol. The van der Waals surface area contributed by atoms with Crippen molar-refractivity contribution in [1.29, 1.82) is 0 Å². The molecule has 0 aliphatic rings. The Balaban J connectivity index is 3.60. The largest absolute Gasteiger partial charge is 0.460 e. The second-order valence-corrected chi connectivity index (χ2v) is 4.80. The van der Waals surface area contributed by atoms with Crippen molar-refractivity contribution in [2.75, 3.05) is 27.2 Å². The number of hydrogen-bond donors (Lipinski definition) is 1. The van der Waals surface area contributed by atoms with Crippen molar-refractivity contribution in [2.24, 2.45) is 0 Å². The van der Waals surface area contributed by atoms with Crippen LogP contribution in [0.2, 0.25) is 0 Å². The van der Waals surface area contributed by atoms with E-state index < -0.39 is 5.60 Å². The Morgan fingerprint density at radius 3 is 2.25 bits per heavy atom. The molecule has 5 nitrogen and oxygen atoms in total. The standard InChI is InChI=1S/C11H22N2O3/c1-11(2,3)16-10(15)6-7-12-8-9(14)13(4)5/h12H,6-8H2,1-5H3. The van der Waals surface area contributed by atoms with E-state index in [1.54, 1.807) is 14.1 Å². The first kappa shape index (κ1) is 14.9. The maximum Gasteiger partial charge on any atom is 0.307 e. The van der Waals surface area contributed by atoms with E-state index in [1.165, 1.54) is 4.90 Å². The van der Waals surface area contributed by atoms with Crippen LogP contribution in [0.5, 0.6) is 0 Å². The van der Waals surface area contributed by atoms with Crippen molar-refractivity contribution < 1.29 is 14.3 Å². The number of rotatable bonds is 5. The zero-order valence-electron chi connectivity index (χ0n) is 10.8. The number of carbonyl (C=O) groups excluding carboxylic acids is 2. The van der Waals surface area contributed by atoms with Crippen LogP contribution in [0.1, 0.15) is 27.2 Å². The summed E-state index contributed by atoms with van der Waals surface area (Å²) >= 11 is 0. The predicted octanol–water partition coefficient (Wildman–Crippen LogP) is 0.396. The second-order valence-electron chi connectivity index (χ2n) is 4.80. The van der Waals surface area contributed by atoms with Crippen LogP contribution in [0.25, 0.3) is 0 Å². The molecular weight excluding hydrogens is 208 g/mol. The molecule has 1 N–H and O–H groups in total. The summed E-state index contributed by atoms with van der Waals surface area (Å²) < 4.78 is 5.12. The summed E-state index contributed by atoms with van der Waals surface area (Å²) in [5, 5.41) is 2.89. The summed E-state index contributed by atoms with van der Waals surface area (Å²) in [6.07, 6.45) is 0.276. The van der Waals surface area contributed by atoms with Gasteiger partial charge in [-0.05, 0) is 20.8 Å². The van der Waals surface area contributed by atoms with Crippen LogP contribution in [0, 0.1) is 0 Å². The number of carbonyl (C=O) groups is 2. The van der Waals surface area contributed by atoms with E-state index in [0.29, 0.717) is 6.54 Å². The first-order chi connectivity index (χ1) is 7.22. The van der Waals surface area contributed by atoms with E-state index in [2.05, 4.69) is 5.32 Å². The van der Waals surface area contributed by atoms with Gasteiger partial charge < -0.3 is 15.0 Å². The maximum absolute atomic E-state index is 11.3. The fourth-order valence-corrected chi connectivity index (χ4v) is 0.936. The van der Waals surface area contributed by atoms with Crippen LogP contribution >= 0.6 is 0 Å². The lowest BCUT2D eigenvalue weighted by molar-refractivity contribution is -0.154. The fourth-order valence-electron chi connectivity index (χ4n) is 0.936. The van der Waals surface area contributed by atoms with Gasteiger partial charge in [-0.25, -0.2) is 0 Å². The highest BCUT2D eigenvalue weighted by Crippen LogP contribution is 2.07. The van der Waals surface area contributed by atoms with Crippen molar-refractivity contribution in [3.8, 4) is 0 Å². The first-order valence-corrected chi connectivity index (χ1v) is 5.35. The van der Waals surface area contributed by atoms with Gasteiger partial charge in [-0.15, -0.1) is 0 Å². The number of hydrogen-bond acceptors (Lipinski definition) is 4. The van der Waals surface area contributed by atoms with Gasteiger partial charge in [0.2, 0.25) is 5.91 Å². The van der Waals surface area contributed by atoms with Gasteiger partial charge in [0.25, 0.3) is 0 Å². The van der Waals surface area contributed by atoms with Gasteiger partial charge in [-0.2, -0.15) is 0 Å². The Morgan fingerprint density at radius 2 is 1.81 bits per heavy atom. The highest BCUT2D eigenvalue weighted by molar-refractivity contribution is 5.77. The minimum absolute atomic E-state index is 0.0100. The number of ether oxygens (including phenoxy) is 1. The van der Waals surface area contributed by atoms with Crippen LogP contribution in [-0.2, 0) is 14.3 Å². The van der Waals surface area contributed by atoms with Gasteiger partial charge in [0.05, 0.1) is 13.0 Å². The molecule has 0 spiro atoms. The lowest BCUT2D eigenvalue weighted by Gasteiger charge is -2.19. The Kier molecular flexibility index (Phi) is 6.03. The highest BCUT2D eigenvalue weighted by Gasteiger charge is 2.15. The van der Waals surface area contributed by atoms with E-state index in [4.69, 9.17) is 4.74 Å². The third-order valence-corrected chi connectivity index (χ3v) is 1.70. The molecule has 1 amide bonds. The topological polar surface area (TPSA) is 58.6 Å². The van der Waals surface area contributed by atoms with Gasteiger partial charge in [0, 0.05) is 20.6 Å². The molecule has 0 aromatic heterocycles. The molecule has 5 heteroatoms. The average Bonchev–Trinajstić information content (AvgIpc) is 2.08. The molecule has 0 aliphatic heterocycles. The van der Waals surface area contributed by atoms with E-state index in [0.717, 1.165) is 0 Å². The Morgan fingerprint density at radius 1 is 1.25 bits per heavy atom. The molecule has 0 aromatic rings. The van der Waals surface area contributed by atoms with Crippen molar-refractivity contribution in [2.45, 2.75) is 32.8 Å². The number of esters is 1. The van der Waals surface area contributed by atoms with E-state index in [-0.39, 0.29) is 24.8 Å². The second kappa shape index (κ2) is 6.48. The fraction of sp³-hybridized carbons (Fsp3) is 0.818. The third kappa shape index (κ3) is 8.23. The summed E-state index contributed by atoms with van der Waals surface area (Å²) in [7, 11) is 3.38. The number of nitrogens with one attached hydrogen (secondary N) is 1. The summed E-state index contributed by atoms with van der Waals surface area (Å²) in [6.45, 7) is 6.18. The summed E-state index contributed by atoms with van der Waals surface area (Å²) in [5.74, 6) is -0.263. The molecule has 0 aliphatic carbocycles. The molecule has 0 aromatic carbocycles. The Hall–Kier alpha value is -1.10. The third-order valence-electron chi connectivity index (χ3n) is 1.70. The lowest BCUT2D eigenvalue weighted by atomic mass is 10.2. The smallest absolute Gasteiger partial charge is 0.307 e. The van der Waals surface area contributed by atoms with Crippen LogP contribution in [0.3, 0.4) is 0 Å². The molecule has 0 saturated carbocycles. The minimum atomic E-state index is -0.448. The zero-order valence-corrected chi connectivity index (χ0v) is 10.8. The summed E-state index contributed by atoms with van der Waals surface area (Å²) in [5.41, 5.74) is -0.448. The molecule has 0 fully saturated rings. The van der Waals surface area contributed by atoms with Gasteiger partial charge in [0.1, 0.15) is 5.60 Å². The lowest BCUT2D eigenvalue weighted by Crippen LogP contribution is -2.34. The van der Waals surface area contributed by atoms with E-state index in [1.807, 2.05) is 20.8 Å². The molecule has 0 saturated heterocycles. The van der Waals surface area contributed by atoms with Crippen LogP contribution in [0.4, 0.5) is 0 Å². The normalized spacial score (nSPS) is 11.1. The molecule has 0 heterocycles. The van der Waals surface area contributed by atoms with Crippen LogP contribution in [0.15, 0.2) is 0 Å². The Bertz CT molecular complexity index is 244. The summed E-state index contributed by atoms with van der Waals surface area (Å²) in [4.78, 5) is 23.9. The van der Waals surface area contributed by atoms with Gasteiger partial charge in [0.15, 0.2) is 0 Å². The minimum Gasteiger partial charge on any atom is -0.460 e. The van der Waals surface area contributed by atoms with Crippen molar-refractivity contribution >= 4 is 11.9 Å². The molecule has 0 radical (unpaired) electrons. The Labute approximate surface area is 97.1 Å². The van der Waals surface area contributed by atoms with E-state index >= 15 is 0 Å². The number of nitrogens with zero attached hydrogens (tertiary/aromatic N) is 1.